The lowest BCUT2D eigenvalue weighted by molar-refractivity contribution is -0.118. The molecule has 0 aliphatic carbocycles. The zero-order valence-electron chi connectivity index (χ0n) is 11.4. The summed E-state index contributed by atoms with van der Waals surface area (Å²) in [6.07, 6.45) is 0.611. The molecule has 1 unspecified atom stereocenters. The van der Waals surface area contributed by atoms with Gasteiger partial charge < -0.3 is 0 Å². The predicted octanol–water partition coefficient (Wildman–Crippen LogP) is 3.49. The first-order chi connectivity index (χ1) is 9.24. The average Bonchev–Trinajstić information content (AvgIpc) is 2.49. The maximum atomic E-state index is 12.1. The topological polar surface area (TPSA) is 17.1 Å². The van der Waals surface area contributed by atoms with Crippen molar-refractivity contribution in [1.82, 2.24) is 0 Å². The van der Waals surface area contributed by atoms with E-state index in [1.165, 1.54) is 10.6 Å². The van der Waals surface area contributed by atoms with Crippen LogP contribution in [0.15, 0.2) is 60.7 Å². The molecule has 0 fully saturated rings. The van der Waals surface area contributed by atoms with Gasteiger partial charge in [-0.1, -0.05) is 74.5 Å². The minimum Gasteiger partial charge on any atom is -0.299 e. The van der Waals surface area contributed by atoms with E-state index in [0.29, 0.717) is 12.2 Å². The Morgan fingerprint density at radius 1 is 0.947 bits per heavy atom. The van der Waals surface area contributed by atoms with E-state index >= 15 is 0 Å². The van der Waals surface area contributed by atoms with Crippen LogP contribution in [0.25, 0.3) is 0 Å². The molecule has 98 valence electrons. The first-order valence-electron chi connectivity index (χ1n) is 6.66. The van der Waals surface area contributed by atoms with Gasteiger partial charge in [-0.3, -0.25) is 4.79 Å². The van der Waals surface area contributed by atoms with Crippen LogP contribution in [0.5, 0.6) is 0 Å². The third kappa shape index (κ3) is 3.30. The summed E-state index contributed by atoms with van der Waals surface area (Å²) < 4.78 is 0. The fourth-order valence-electron chi connectivity index (χ4n) is 2.21. The van der Waals surface area contributed by atoms with Crippen molar-refractivity contribution in [3.05, 3.63) is 60.7 Å². The smallest absolute Gasteiger partial charge is 0.140 e. The normalized spacial score (nSPS) is 12.4. The van der Waals surface area contributed by atoms with Crippen LogP contribution in [0.1, 0.15) is 20.3 Å². The summed E-state index contributed by atoms with van der Waals surface area (Å²) in [5.41, 5.74) is 0.0739. The van der Waals surface area contributed by atoms with E-state index in [4.69, 9.17) is 0 Å². The molecular formula is C17H19OP. The molecule has 0 saturated carbocycles. The monoisotopic (exact) mass is 270 g/mol. The molecule has 0 N–H and O–H groups in total. The average molecular weight is 270 g/mol. The highest BCUT2D eigenvalue weighted by Gasteiger charge is 2.25. The van der Waals surface area contributed by atoms with E-state index in [0.717, 1.165) is 0 Å². The molecule has 2 heteroatoms. The summed E-state index contributed by atoms with van der Waals surface area (Å²) in [4.78, 5) is 12.1. The Bertz CT molecular complexity index is 482. The number of carbonyl (C=O) groups excluding carboxylic acids is 1. The molecule has 0 spiro atoms. The van der Waals surface area contributed by atoms with E-state index in [2.05, 4.69) is 55.5 Å². The Hall–Kier alpha value is -1.46. The van der Waals surface area contributed by atoms with Crippen molar-refractivity contribution in [2.75, 3.05) is 0 Å². The molecule has 2 aromatic rings. The zero-order valence-corrected chi connectivity index (χ0v) is 12.3. The molecule has 2 rings (SSSR count). The Balaban J connectivity index is 2.43. The van der Waals surface area contributed by atoms with Crippen molar-refractivity contribution < 1.29 is 4.79 Å². The number of carbonyl (C=O) groups is 1. The number of rotatable bonds is 5. The van der Waals surface area contributed by atoms with Gasteiger partial charge in [0.25, 0.3) is 0 Å². The van der Waals surface area contributed by atoms with Crippen molar-refractivity contribution in [2.45, 2.75) is 25.9 Å². The van der Waals surface area contributed by atoms with E-state index < -0.39 is 7.92 Å². The van der Waals surface area contributed by atoms with Crippen molar-refractivity contribution in [2.24, 2.45) is 0 Å². The molecule has 0 aliphatic rings. The van der Waals surface area contributed by atoms with Crippen LogP contribution in [-0.4, -0.2) is 11.4 Å². The van der Waals surface area contributed by atoms with Gasteiger partial charge in [0.1, 0.15) is 5.78 Å². The van der Waals surface area contributed by atoms with Crippen LogP contribution >= 0.6 is 7.92 Å². The van der Waals surface area contributed by atoms with Gasteiger partial charge in [-0.2, -0.15) is 0 Å². The van der Waals surface area contributed by atoms with E-state index in [-0.39, 0.29) is 5.66 Å². The van der Waals surface area contributed by atoms with Crippen LogP contribution in [0.4, 0.5) is 0 Å². The second-order valence-corrected chi connectivity index (χ2v) is 7.08. The Morgan fingerprint density at radius 2 is 1.37 bits per heavy atom. The highest BCUT2D eigenvalue weighted by atomic mass is 31.1. The van der Waals surface area contributed by atoms with Crippen LogP contribution in [-0.2, 0) is 4.79 Å². The Kier molecular flexibility index (Phi) is 4.87. The second kappa shape index (κ2) is 6.63. The van der Waals surface area contributed by atoms with Gasteiger partial charge in [-0.25, -0.2) is 0 Å². The van der Waals surface area contributed by atoms with Crippen molar-refractivity contribution in [3.63, 3.8) is 0 Å². The van der Waals surface area contributed by atoms with E-state index in [9.17, 15) is 4.79 Å². The molecular weight excluding hydrogens is 251 g/mol. The molecule has 0 aromatic heterocycles. The molecule has 19 heavy (non-hydrogen) atoms. The first kappa shape index (κ1) is 14.0. The lowest BCUT2D eigenvalue weighted by atomic mass is 10.2. The van der Waals surface area contributed by atoms with E-state index in [1.54, 1.807) is 0 Å². The van der Waals surface area contributed by atoms with Crippen molar-refractivity contribution >= 4 is 24.3 Å². The fourth-order valence-corrected chi connectivity index (χ4v) is 4.86. The maximum absolute atomic E-state index is 12.1. The van der Waals surface area contributed by atoms with E-state index in [1.807, 2.05) is 19.1 Å². The molecule has 0 bridgehead atoms. The summed E-state index contributed by atoms with van der Waals surface area (Å²) >= 11 is 0. The summed E-state index contributed by atoms with van der Waals surface area (Å²) in [7, 11) is -0.607. The SMILES string of the molecule is CCC(=O)C(C)P(c1ccccc1)c1ccccc1. The van der Waals surface area contributed by atoms with Crippen LogP contribution in [0, 0.1) is 0 Å². The second-order valence-electron chi connectivity index (χ2n) is 4.54. The number of Topliss-reactive ketones (excluding diaryl/α,β-unsaturated/α-hetero) is 1. The first-order valence-corrected chi connectivity index (χ1v) is 8.07. The lowest BCUT2D eigenvalue weighted by Gasteiger charge is -2.24. The number of hydrogen-bond donors (Lipinski definition) is 0. The van der Waals surface area contributed by atoms with Crippen LogP contribution in [0.3, 0.4) is 0 Å². The fraction of sp³-hybridized carbons (Fsp3) is 0.235. The molecule has 0 radical (unpaired) electrons. The maximum Gasteiger partial charge on any atom is 0.140 e. The Labute approximate surface area is 116 Å². The molecule has 0 heterocycles. The lowest BCUT2D eigenvalue weighted by Crippen LogP contribution is -2.25. The summed E-state index contributed by atoms with van der Waals surface area (Å²) in [5.74, 6) is 0.346. The molecule has 0 amide bonds. The van der Waals surface area contributed by atoms with Gasteiger partial charge in [-0.05, 0) is 18.5 Å². The minimum atomic E-state index is -0.607. The molecule has 2 aromatic carbocycles. The number of benzene rings is 2. The largest absolute Gasteiger partial charge is 0.299 e. The molecule has 1 atom stereocenters. The Morgan fingerprint density at radius 3 is 1.74 bits per heavy atom. The standard InChI is InChI=1S/C17H19OP/c1-3-17(18)14(2)19(15-10-6-4-7-11-15)16-12-8-5-9-13-16/h4-14H,3H2,1-2H3. The van der Waals surface area contributed by atoms with Gasteiger partial charge >= 0.3 is 0 Å². The highest BCUT2D eigenvalue weighted by molar-refractivity contribution is 7.74. The molecule has 1 nitrogen and oxygen atoms in total. The van der Waals surface area contributed by atoms with Gasteiger partial charge in [0, 0.05) is 12.1 Å². The minimum absolute atomic E-state index is 0.0739. The van der Waals surface area contributed by atoms with Gasteiger partial charge in [0.2, 0.25) is 0 Å². The summed E-state index contributed by atoms with van der Waals surface area (Å²) in [6, 6.07) is 20.8. The van der Waals surface area contributed by atoms with Gasteiger partial charge in [0.05, 0.1) is 0 Å². The third-order valence-electron chi connectivity index (χ3n) is 3.27. The van der Waals surface area contributed by atoms with Gasteiger partial charge in [-0.15, -0.1) is 0 Å². The quantitative estimate of drug-likeness (QED) is 0.760. The summed E-state index contributed by atoms with van der Waals surface area (Å²) in [6.45, 7) is 4.01. The highest BCUT2D eigenvalue weighted by Crippen LogP contribution is 2.39. The van der Waals surface area contributed by atoms with Crippen LogP contribution < -0.4 is 10.6 Å². The van der Waals surface area contributed by atoms with Gasteiger partial charge in [0.15, 0.2) is 0 Å². The van der Waals surface area contributed by atoms with Crippen LogP contribution in [0.2, 0.25) is 0 Å². The number of ketones is 1. The number of hydrogen-bond acceptors (Lipinski definition) is 1. The molecule has 0 aliphatic heterocycles. The zero-order chi connectivity index (χ0) is 13.7. The van der Waals surface area contributed by atoms with Crippen molar-refractivity contribution in [1.29, 1.82) is 0 Å². The predicted molar refractivity (Wildman–Crippen MR) is 83.8 cm³/mol. The van der Waals surface area contributed by atoms with Crippen molar-refractivity contribution in [3.8, 4) is 0 Å². The third-order valence-corrected chi connectivity index (χ3v) is 6.04. The summed E-state index contributed by atoms with van der Waals surface area (Å²) in [5, 5.41) is 2.55. The molecule has 0 saturated heterocycles.